The first-order valence-corrected chi connectivity index (χ1v) is 7.13. The van der Waals surface area contributed by atoms with Crippen molar-refractivity contribution >= 4 is 16.0 Å². The summed E-state index contributed by atoms with van der Waals surface area (Å²) >= 11 is 0. The average Bonchev–Trinajstić information content (AvgIpc) is 2.35. The van der Waals surface area contributed by atoms with Crippen LogP contribution in [-0.4, -0.2) is 43.1 Å². The van der Waals surface area contributed by atoms with Gasteiger partial charge in [0.15, 0.2) is 5.60 Å². The van der Waals surface area contributed by atoms with Crippen molar-refractivity contribution < 1.29 is 41.3 Å². The van der Waals surface area contributed by atoms with E-state index in [1.807, 2.05) is 0 Å². The van der Waals surface area contributed by atoms with Crippen molar-refractivity contribution in [1.29, 1.82) is 0 Å². The number of hydrogen-bond acceptors (Lipinski definition) is 5. The van der Waals surface area contributed by atoms with Crippen LogP contribution in [0.5, 0.6) is 5.75 Å². The number of aliphatic carboxylic acids is 1. The van der Waals surface area contributed by atoms with E-state index >= 15 is 0 Å². The summed E-state index contributed by atoms with van der Waals surface area (Å²) < 4.78 is 65.3. The molecule has 0 bridgehead atoms. The topological polar surface area (TPSA) is 113 Å². The molecule has 1 unspecified atom stereocenters. The zero-order chi connectivity index (χ0) is 17.2. The van der Waals surface area contributed by atoms with Gasteiger partial charge in [0, 0.05) is 6.07 Å². The van der Waals surface area contributed by atoms with Crippen molar-refractivity contribution in [2.24, 2.45) is 0 Å². The SMILES string of the molecule is CC(O)(CNS(=O)(=O)c1cccc(OC(F)(F)F)c1)C(=O)O. The third-order valence-electron chi connectivity index (χ3n) is 2.42. The Balaban J connectivity index is 2.95. The average molecular weight is 343 g/mol. The lowest BCUT2D eigenvalue weighted by molar-refractivity contribution is -0.274. The van der Waals surface area contributed by atoms with Gasteiger partial charge in [-0.1, -0.05) is 6.07 Å². The van der Waals surface area contributed by atoms with E-state index in [0.717, 1.165) is 25.1 Å². The first-order chi connectivity index (χ1) is 9.83. The summed E-state index contributed by atoms with van der Waals surface area (Å²) in [6.07, 6.45) is -4.98. The number of rotatable bonds is 6. The Bertz CT molecular complexity index is 656. The fraction of sp³-hybridized carbons (Fsp3) is 0.364. The number of carboxylic acid groups (broad SMARTS) is 1. The predicted molar refractivity (Wildman–Crippen MR) is 66.6 cm³/mol. The maximum Gasteiger partial charge on any atom is 0.573 e. The second kappa shape index (κ2) is 6.10. The molecule has 0 aliphatic heterocycles. The van der Waals surface area contributed by atoms with Crippen LogP contribution in [0.4, 0.5) is 13.2 Å². The van der Waals surface area contributed by atoms with E-state index in [2.05, 4.69) is 4.74 Å². The first-order valence-electron chi connectivity index (χ1n) is 5.65. The summed E-state index contributed by atoms with van der Waals surface area (Å²) in [7, 11) is -4.33. The largest absolute Gasteiger partial charge is 0.573 e. The van der Waals surface area contributed by atoms with Gasteiger partial charge in [-0.05, 0) is 19.1 Å². The van der Waals surface area contributed by atoms with Crippen molar-refractivity contribution in [3.8, 4) is 5.75 Å². The lowest BCUT2D eigenvalue weighted by Crippen LogP contribution is -2.46. The second-order valence-corrected chi connectivity index (χ2v) is 6.19. The highest BCUT2D eigenvalue weighted by atomic mass is 32.2. The monoisotopic (exact) mass is 343 g/mol. The van der Waals surface area contributed by atoms with Crippen LogP contribution in [0.25, 0.3) is 0 Å². The van der Waals surface area contributed by atoms with Gasteiger partial charge in [0.1, 0.15) is 5.75 Å². The fourth-order valence-corrected chi connectivity index (χ4v) is 2.40. The predicted octanol–water partition coefficient (Wildman–Crippen LogP) is 0.699. The lowest BCUT2D eigenvalue weighted by Gasteiger charge is -2.18. The Morgan fingerprint density at radius 2 is 1.95 bits per heavy atom. The van der Waals surface area contributed by atoms with Crippen LogP contribution in [-0.2, 0) is 14.8 Å². The van der Waals surface area contributed by atoms with Gasteiger partial charge < -0.3 is 14.9 Å². The summed E-state index contributed by atoms with van der Waals surface area (Å²) in [4.78, 5) is 10.1. The third kappa shape index (κ3) is 5.16. The minimum Gasteiger partial charge on any atom is -0.479 e. The molecule has 0 saturated heterocycles. The molecule has 1 aromatic rings. The molecule has 1 rings (SSSR count). The molecule has 7 nitrogen and oxygen atoms in total. The van der Waals surface area contributed by atoms with Gasteiger partial charge in [0.05, 0.1) is 11.4 Å². The summed E-state index contributed by atoms with van der Waals surface area (Å²) in [6, 6.07) is 3.53. The Labute approximate surface area is 123 Å². The smallest absolute Gasteiger partial charge is 0.479 e. The molecule has 22 heavy (non-hydrogen) atoms. The van der Waals surface area contributed by atoms with Crippen molar-refractivity contribution in [2.45, 2.75) is 23.8 Å². The van der Waals surface area contributed by atoms with Crippen LogP contribution in [0.1, 0.15) is 6.92 Å². The Kier molecular flexibility index (Phi) is 5.05. The molecule has 0 aliphatic rings. The lowest BCUT2D eigenvalue weighted by atomic mass is 10.1. The zero-order valence-electron chi connectivity index (χ0n) is 11.1. The zero-order valence-corrected chi connectivity index (χ0v) is 11.9. The molecule has 1 aromatic carbocycles. The molecule has 0 aromatic heterocycles. The molecule has 124 valence electrons. The van der Waals surface area contributed by atoms with Crippen LogP contribution in [0.15, 0.2) is 29.2 Å². The highest BCUT2D eigenvalue weighted by molar-refractivity contribution is 7.89. The van der Waals surface area contributed by atoms with E-state index in [-0.39, 0.29) is 0 Å². The van der Waals surface area contributed by atoms with Crippen LogP contribution < -0.4 is 9.46 Å². The van der Waals surface area contributed by atoms with E-state index in [0.29, 0.717) is 6.07 Å². The van der Waals surface area contributed by atoms with Gasteiger partial charge in [-0.2, -0.15) is 0 Å². The number of halogens is 3. The number of alkyl halides is 3. The Morgan fingerprint density at radius 1 is 1.36 bits per heavy atom. The summed E-state index contributed by atoms with van der Waals surface area (Å²) in [5, 5.41) is 18.1. The molecule has 0 saturated carbocycles. The fourth-order valence-electron chi connectivity index (χ4n) is 1.23. The second-order valence-electron chi connectivity index (χ2n) is 4.43. The van der Waals surface area contributed by atoms with Crippen LogP contribution >= 0.6 is 0 Å². The highest BCUT2D eigenvalue weighted by Crippen LogP contribution is 2.24. The Morgan fingerprint density at radius 3 is 2.45 bits per heavy atom. The van der Waals surface area contributed by atoms with Gasteiger partial charge in [-0.25, -0.2) is 17.9 Å². The molecule has 0 fully saturated rings. The minimum absolute atomic E-state index is 0.574. The van der Waals surface area contributed by atoms with Gasteiger partial charge in [-0.15, -0.1) is 13.2 Å². The van der Waals surface area contributed by atoms with Crippen LogP contribution in [0.3, 0.4) is 0 Å². The molecule has 0 spiro atoms. The molecule has 0 amide bonds. The van der Waals surface area contributed by atoms with E-state index in [9.17, 15) is 31.5 Å². The molecular weight excluding hydrogens is 331 g/mol. The number of nitrogens with one attached hydrogen (secondary N) is 1. The van der Waals surface area contributed by atoms with Crippen LogP contribution in [0.2, 0.25) is 0 Å². The summed E-state index contributed by atoms with van der Waals surface area (Å²) in [5.41, 5.74) is -2.37. The normalized spacial score (nSPS) is 15.1. The van der Waals surface area contributed by atoms with Crippen molar-refractivity contribution in [2.75, 3.05) is 6.54 Å². The summed E-state index contributed by atoms with van der Waals surface area (Å²) in [6.45, 7) is -0.00391. The molecular formula is C11H12F3NO6S. The standard InChI is InChI=1S/C11H12F3NO6S/c1-10(18,9(16)17)6-15-22(19,20)8-4-2-3-7(5-8)21-11(12,13)14/h2-5,15,18H,6H2,1H3,(H,16,17). The van der Waals surface area contributed by atoms with Crippen LogP contribution in [0, 0.1) is 0 Å². The maximum absolute atomic E-state index is 12.1. The molecule has 0 heterocycles. The molecule has 1 atom stereocenters. The quantitative estimate of drug-likeness (QED) is 0.701. The van der Waals surface area contributed by atoms with E-state index in [4.69, 9.17) is 5.11 Å². The molecule has 0 radical (unpaired) electrons. The highest BCUT2D eigenvalue weighted by Gasteiger charge is 2.33. The van der Waals surface area contributed by atoms with Gasteiger partial charge in [-0.3, -0.25) is 0 Å². The van der Waals surface area contributed by atoms with Crippen molar-refractivity contribution in [3.05, 3.63) is 24.3 Å². The number of carboxylic acids is 1. The number of sulfonamides is 1. The number of aliphatic hydroxyl groups is 1. The van der Waals surface area contributed by atoms with Gasteiger partial charge in [0.25, 0.3) is 0 Å². The molecule has 11 heteroatoms. The summed E-state index contributed by atoms with van der Waals surface area (Å²) in [5.74, 6) is -2.41. The molecule has 0 aliphatic carbocycles. The minimum atomic E-state index is -4.98. The maximum atomic E-state index is 12.1. The van der Waals surface area contributed by atoms with Crippen molar-refractivity contribution in [1.82, 2.24) is 4.72 Å². The van der Waals surface area contributed by atoms with Gasteiger partial charge in [0.2, 0.25) is 10.0 Å². The number of hydrogen-bond donors (Lipinski definition) is 3. The molecule has 3 N–H and O–H groups in total. The van der Waals surface area contributed by atoms with E-state index in [1.54, 1.807) is 4.72 Å². The number of benzene rings is 1. The van der Waals surface area contributed by atoms with E-state index < -0.39 is 45.1 Å². The third-order valence-corrected chi connectivity index (χ3v) is 3.82. The first kappa shape index (κ1) is 18.2. The van der Waals surface area contributed by atoms with Gasteiger partial charge >= 0.3 is 12.3 Å². The van der Waals surface area contributed by atoms with E-state index in [1.165, 1.54) is 0 Å². The number of ether oxygens (including phenoxy) is 1. The Hall–Kier alpha value is -1.85. The van der Waals surface area contributed by atoms with Crippen molar-refractivity contribution in [3.63, 3.8) is 0 Å². The number of carbonyl (C=O) groups is 1.